The highest BCUT2D eigenvalue weighted by Gasteiger charge is 2.30. The van der Waals surface area contributed by atoms with Gasteiger partial charge in [-0.05, 0) is 37.6 Å². The van der Waals surface area contributed by atoms with E-state index in [2.05, 4.69) is 10.4 Å². The fourth-order valence-electron chi connectivity index (χ4n) is 2.98. The van der Waals surface area contributed by atoms with Gasteiger partial charge < -0.3 is 10.7 Å². The Morgan fingerprint density at radius 1 is 1.34 bits per heavy atom. The van der Waals surface area contributed by atoms with Gasteiger partial charge in [0.15, 0.2) is 5.69 Å². The van der Waals surface area contributed by atoms with Crippen LogP contribution in [-0.4, -0.2) is 22.0 Å². The van der Waals surface area contributed by atoms with Crippen molar-refractivity contribution < 1.29 is 13.2 Å². The first-order valence-electron chi connectivity index (χ1n) is 8.88. The lowest BCUT2D eigenvalue weighted by Crippen LogP contribution is -2.30. The van der Waals surface area contributed by atoms with Crippen LogP contribution in [0.25, 0.3) is 11.4 Å². The van der Waals surface area contributed by atoms with Crippen molar-refractivity contribution in [1.29, 1.82) is 5.41 Å². The van der Waals surface area contributed by atoms with Gasteiger partial charge in [-0.3, -0.25) is 4.79 Å². The van der Waals surface area contributed by atoms with Gasteiger partial charge in [-0.2, -0.15) is 18.3 Å². The van der Waals surface area contributed by atoms with Crippen LogP contribution in [0.15, 0.2) is 71.2 Å². The number of alkyl halides is 3. The number of hydrogen-bond donors (Lipinski definition) is 2. The van der Waals surface area contributed by atoms with Crippen molar-refractivity contribution in [1.82, 2.24) is 15.1 Å². The predicted octanol–water partition coefficient (Wildman–Crippen LogP) is 4.11. The van der Waals surface area contributed by atoms with E-state index in [4.69, 9.17) is 5.41 Å². The Balaban J connectivity index is 1.99. The van der Waals surface area contributed by atoms with Gasteiger partial charge in [-0.25, -0.2) is 4.68 Å². The Morgan fingerprint density at radius 2 is 2.14 bits per heavy atom. The van der Waals surface area contributed by atoms with E-state index < -0.39 is 17.2 Å². The first-order chi connectivity index (χ1) is 13.8. The van der Waals surface area contributed by atoms with Crippen molar-refractivity contribution in [3.05, 3.63) is 87.9 Å². The van der Waals surface area contributed by atoms with Gasteiger partial charge in [-0.1, -0.05) is 29.9 Å². The van der Waals surface area contributed by atoms with Crippen LogP contribution in [0, 0.1) is 5.41 Å². The van der Waals surface area contributed by atoms with E-state index in [1.165, 1.54) is 35.2 Å². The normalized spacial score (nSPS) is 17.0. The molecule has 5 nitrogen and oxygen atoms in total. The van der Waals surface area contributed by atoms with Crippen molar-refractivity contribution in [2.24, 2.45) is 0 Å². The topological polar surface area (TPSA) is 70.8 Å². The van der Waals surface area contributed by atoms with Crippen LogP contribution in [0.5, 0.6) is 0 Å². The average Bonchev–Trinajstić information content (AvgIpc) is 2.68. The number of hydrogen-bond acceptors (Lipinski definition) is 4. The maximum atomic E-state index is 13.0. The Labute approximate surface area is 165 Å². The molecule has 0 fully saturated rings. The zero-order chi connectivity index (χ0) is 21.0. The number of benzene rings is 1. The van der Waals surface area contributed by atoms with Crippen LogP contribution >= 0.6 is 0 Å². The summed E-state index contributed by atoms with van der Waals surface area (Å²) in [5.74, 6) is 0. The molecular formula is C21H19F3N4O. The van der Waals surface area contributed by atoms with Crippen LogP contribution in [0.4, 0.5) is 13.2 Å². The molecule has 0 amide bonds. The third-order valence-electron chi connectivity index (χ3n) is 4.33. The summed E-state index contributed by atoms with van der Waals surface area (Å²) in [6, 6.07) is 5.85. The van der Waals surface area contributed by atoms with Gasteiger partial charge >= 0.3 is 6.18 Å². The predicted molar refractivity (Wildman–Crippen MR) is 106 cm³/mol. The molecule has 0 radical (unpaired) electrons. The van der Waals surface area contributed by atoms with Crippen LogP contribution in [0.3, 0.4) is 0 Å². The van der Waals surface area contributed by atoms with E-state index in [9.17, 15) is 18.0 Å². The molecule has 1 aliphatic carbocycles. The summed E-state index contributed by atoms with van der Waals surface area (Å²) < 4.78 is 40.3. The third kappa shape index (κ3) is 4.90. The lowest BCUT2D eigenvalue weighted by Gasteiger charge is -2.20. The lowest BCUT2D eigenvalue weighted by molar-refractivity contribution is -0.137. The maximum Gasteiger partial charge on any atom is 0.416 e. The van der Waals surface area contributed by atoms with Gasteiger partial charge in [0.25, 0.3) is 0 Å². The zero-order valence-electron chi connectivity index (χ0n) is 15.6. The largest absolute Gasteiger partial charge is 0.416 e. The van der Waals surface area contributed by atoms with Crippen LogP contribution in [0.2, 0.25) is 0 Å². The molecule has 3 rings (SSSR count). The quantitative estimate of drug-likeness (QED) is 0.743. The minimum absolute atomic E-state index is 0.0222. The number of halogens is 3. The molecule has 0 saturated carbocycles. The van der Waals surface area contributed by atoms with Crippen molar-refractivity contribution in [3.63, 3.8) is 0 Å². The minimum Gasteiger partial charge on any atom is -0.377 e. The number of rotatable bonds is 5. The standard InChI is InChI=1S/C21H19F3N4O/c1-14-4-2-6-16(12-14)26-18(8-10-25)20-19(29)9-11-28(27-20)17-7-3-5-15(13-17)21(22,23)24/h2-5,7-13,16,25-26H,6H2,1H3/b18-8-,25-10?. The molecule has 1 aliphatic rings. The average molecular weight is 400 g/mol. The van der Waals surface area contributed by atoms with Gasteiger partial charge in [-0.15, -0.1) is 0 Å². The molecule has 1 aromatic carbocycles. The monoisotopic (exact) mass is 400 g/mol. The number of nitrogens with one attached hydrogen (secondary N) is 2. The fourth-order valence-corrected chi connectivity index (χ4v) is 2.98. The zero-order valence-corrected chi connectivity index (χ0v) is 15.6. The SMILES string of the molecule is CC1=CC(N/C(=C\C=N)c2nn(-c3cccc(C(F)(F)F)c3)ccc2=O)CC=C1. The van der Waals surface area contributed by atoms with Gasteiger partial charge in [0.05, 0.1) is 16.9 Å². The number of allylic oxidation sites excluding steroid dienone is 3. The smallest absolute Gasteiger partial charge is 0.377 e. The highest BCUT2D eigenvalue weighted by molar-refractivity contribution is 5.81. The first-order valence-corrected chi connectivity index (χ1v) is 8.88. The van der Waals surface area contributed by atoms with Crippen LogP contribution in [0.1, 0.15) is 24.6 Å². The van der Waals surface area contributed by atoms with Gasteiger partial charge in [0.1, 0.15) is 0 Å². The Hall–Kier alpha value is -3.42. The summed E-state index contributed by atoms with van der Waals surface area (Å²) in [5.41, 5.74) is 0.377. The maximum absolute atomic E-state index is 13.0. The molecule has 0 aliphatic heterocycles. The molecule has 8 heteroatoms. The molecule has 1 heterocycles. The molecular weight excluding hydrogens is 381 g/mol. The van der Waals surface area contributed by atoms with Gasteiger partial charge in [0, 0.05) is 24.5 Å². The van der Waals surface area contributed by atoms with Crippen molar-refractivity contribution in [2.75, 3.05) is 0 Å². The van der Waals surface area contributed by atoms with Crippen molar-refractivity contribution in [3.8, 4) is 5.69 Å². The molecule has 2 N–H and O–H groups in total. The Bertz CT molecular complexity index is 1060. The third-order valence-corrected chi connectivity index (χ3v) is 4.33. The second-order valence-electron chi connectivity index (χ2n) is 6.57. The Morgan fingerprint density at radius 3 is 2.83 bits per heavy atom. The van der Waals surface area contributed by atoms with E-state index in [-0.39, 0.29) is 17.4 Å². The van der Waals surface area contributed by atoms with Crippen molar-refractivity contribution in [2.45, 2.75) is 25.6 Å². The number of aromatic nitrogens is 2. The molecule has 1 aromatic heterocycles. The minimum atomic E-state index is -4.48. The molecule has 1 atom stereocenters. The summed E-state index contributed by atoms with van der Waals surface area (Å²) in [6.45, 7) is 1.95. The molecule has 0 saturated heterocycles. The van der Waals surface area contributed by atoms with Crippen LogP contribution < -0.4 is 10.7 Å². The molecule has 1 unspecified atom stereocenters. The van der Waals surface area contributed by atoms with E-state index in [1.54, 1.807) is 0 Å². The highest BCUT2D eigenvalue weighted by atomic mass is 19.4. The second kappa shape index (κ2) is 8.30. The van der Waals surface area contributed by atoms with E-state index in [0.717, 1.165) is 23.9 Å². The second-order valence-corrected chi connectivity index (χ2v) is 6.57. The molecule has 0 bridgehead atoms. The Kier molecular flexibility index (Phi) is 5.81. The number of nitrogens with zero attached hydrogens (tertiary/aromatic N) is 2. The summed E-state index contributed by atoms with van der Waals surface area (Å²) >= 11 is 0. The molecule has 29 heavy (non-hydrogen) atoms. The van der Waals surface area contributed by atoms with Gasteiger partial charge in [0.2, 0.25) is 5.43 Å². The summed E-state index contributed by atoms with van der Waals surface area (Å²) in [4.78, 5) is 12.4. The van der Waals surface area contributed by atoms with E-state index >= 15 is 0 Å². The lowest BCUT2D eigenvalue weighted by atomic mass is 10.0. The van der Waals surface area contributed by atoms with Crippen molar-refractivity contribution >= 4 is 11.9 Å². The fraction of sp³-hybridized carbons (Fsp3) is 0.190. The highest BCUT2D eigenvalue weighted by Crippen LogP contribution is 2.30. The first kappa shape index (κ1) is 20.3. The summed E-state index contributed by atoms with van der Waals surface area (Å²) in [5, 5.41) is 14.8. The molecule has 2 aromatic rings. The summed E-state index contributed by atoms with van der Waals surface area (Å²) in [7, 11) is 0. The van der Waals surface area contributed by atoms with E-state index in [1.807, 2.05) is 25.2 Å². The van der Waals surface area contributed by atoms with Crippen LogP contribution in [-0.2, 0) is 6.18 Å². The van der Waals surface area contributed by atoms with E-state index in [0.29, 0.717) is 12.1 Å². The molecule has 0 spiro atoms. The summed E-state index contributed by atoms with van der Waals surface area (Å²) in [6.07, 6.45) is 5.93. The molecule has 150 valence electrons.